The summed E-state index contributed by atoms with van der Waals surface area (Å²) in [7, 11) is 0. The summed E-state index contributed by atoms with van der Waals surface area (Å²) in [5, 5.41) is 5.51. The van der Waals surface area contributed by atoms with Gasteiger partial charge in [0, 0.05) is 5.56 Å². The lowest BCUT2D eigenvalue weighted by Gasteiger charge is -2.00. The highest BCUT2D eigenvalue weighted by atomic mass is 35.5. The third kappa shape index (κ3) is 1.92. The van der Waals surface area contributed by atoms with E-state index in [1.54, 1.807) is 28.9 Å². The fourth-order valence-corrected chi connectivity index (χ4v) is 2.09. The fourth-order valence-electron chi connectivity index (χ4n) is 1.56. The molecule has 7 heteroatoms. The zero-order chi connectivity index (χ0) is 12.7. The van der Waals surface area contributed by atoms with Gasteiger partial charge in [-0.1, -0.05) is 40.9 Å². The number of fused-ring (bicyclic) bond motifs is 1. The van der Waals surface area contributed by atoms with Gasteiger partial charge in [-0.2, -0.15) is 0 Å². The highest BCUT2D eigenvalue weighted by Gasteiger charge is 2.12. The first-order chi connectivity index (χ1) is 8.65. The SMILES string of the molecule is Clc1cn2nc(-c3cccc(Cl)c3Cl)nc2cn1. The van der Waals surface area contributed by atoms with Crippen LogP contribution in [0.2, 0.25) is 15.2 Å². The van der Waals surface area contributed by atoms with Crippen LogP contribution in [0.5, 0.6) is 0 Å². The first-order valence-electron chi connectivity index (χ1n) is 4.97. The molecule has 90 valence electrons. The molecule has 0 unspecified atom stereocenters. The summed E-state index contributed by atoms with van der Waals surface area (Å²) in [6.45, 7) is 0. The monoisotopic (exact) mass is 298 g/mol. The van der Waals surface area contributed by atoms with Crippen molar-refractivity contribution in [1.82, 2.24) is 19.6 Å². The van der Waals surface area contributed by atoms with E-state index in [1.165, 1.54) is 6.20 Å². The Labute approximate surface area is 117 Å². The molecule has 18 heavy (non-hydrogen) atoms. The summed E-state index contributed by atoms with van der Waals surface area (Å²) in [5.74, 6) is 0.478. The molecule has 2 heterocycles. The lowest BCUT2D eigenvalue weighted by Crippen LogP contribution is -1.88. The van der Waals surface area contributed by atoms with Crippen molar-refractivity contribution in [2.45, 2.75) is 0 Å². The van der Waals surface area contributed by atoms with Gasteiger partial charge in [0.25, 0.3) is 0 Å². The number of halogens is 3. The van der Waals surface area contributed by atoms with E-state index in [0.717, 1.165) is 0 Å². The summed E-state index contributed by atoms with van der Waals surface area (Å²) in [4.78, 5) is 8.25. The first kappa shape index (κ1) is 11.7. The van der Waals surface area contributed by atoms with Crippen molar-refractivity contribution < 1.29 is 0 Å². The molecule has 0 N–H and O–H groups in total. The highest BCUT2D eigenvalue weighted by molar-refractivity contribution is 6.43. The summed E-state index contributed by atoms with van der Waals surface area (Å²) in [6, 6.07) is 5.31. The minimum absolute atomic E-state index is 0.344. The standard InChI is InChI=1S/C11H5Cl3N4/c12-7-3-1-2-6(10(7)14)11-16-9-4-15-8(13)5-18(9)17-11/h1-5H. The van der Waals surface area contributed by atoms with E-state index in [2.05, 4.69) is 15.1 Å². The summed E-state index contributed by atoms with van der Waals surface area (Å²) in [6.07, 6.45) is 3.11. The van der Waals surface area contributed by atoms with Gasteiger partial charge < -0.3 is 0 Å². The van der Waals surface area contributed by atoms with Crippen LogP contribution in [0, 0.1) is 0 Å². The first-order valence-corrected chi connectivity index (χ1v) is 6.11. The van der Waals surface area contributed by atoms with Gasteiger partial charge in [0.15, 0.2) is 11.5 Å². The van der Waals surface area contributed by atoms with Crippen molar-refractivity contribution in [1.29, 1.82) is 0 Å². The van der Waals surface area contributed by atoms with Crippen LogP contribution in [0.4, 0.5) is 0 Å². The van der Waals surface area contributed by atoms with Gasteiger partial charge >= 0.3 is 0 Å². The minimum atomic E-state index is 0.344. The molecule has 0 radical (unpaired) electrons. The average molecular weight is 300 g/mol. The largest absolute Gasteiger partial charge is 0.239 e. The second kappa shape index (κ2) is 4.39. The maximum Gasteiger partial charge on any atom is 0.183 e. The topological polar surface area (TPSA) is 43.1 Å². The number of hydrogen-bond acceptors (Lipinski definition) is 3. The van der Waals surface area contributed by atoms with Crippen molar-refractivity contribution >= 4 is 40.4 Å². The van der Waals surface area contributed by atoms with Gasteiger partial charge in [0.05, 0.1) is 22.4 Å². The molecule has 0 atom stereocenters. The molecule has 1 aromatic carbocycles. The molecule has 0 bridgehead atoms. The predicted octanol–water partition coefficient (Wildman–Crippen LogP) is 3.75. The Bertz CT molecular complexity index is 738. The average Bonchev–Trinajstić information content (AvgIpc) is 2.75. The van der Waals surface area contributed by atoms with E-state index in [9.17, 15) is 0 Å². The van der Waals surface area contributed by atoms with Crippen molar-refractivity contribution in [3.05, 3.63) is 45.8 Å². The Morgan fingerprint density at radius 3 is 2.78 bits per heavy atom. The number of hydrogen-bond donors (Lipinski definition) is 0. The lowest BCUT2D eigenvalue weighted by atomic mass is 10.2. The van der Waals surface area contributed by atoms with E-state index < -0.39 is 0 Å². The summed E-state index contributed by atoms with van der Waals surface area (Å²) < 4.78 is 1.54. The highest BCUT2D eigenvalue weighted by Crippen LogP contribution is 2.31. The Hall–Kier alpha value is -1.36. The molecule has 4 nitrogen and oxygen atoms in total. The van der Waals surface area contributed by atoms with Gasteiger partial charge in [-0.15, -0.1) is 5.10 Å². The van der Waals surface area contributed by atoms with E-state index in [-0.39, 0.29) is 0 Å². The lowest BCUT2D eigenvalue weighted by molar-refractivity contribution is 0.950. The number of benzene rings is 1. The van der Waals surface area contributed by atoms with Crippen LogP contribution < -0.4 is 0 Å². The second-order valence-corrected chi connectivity index (χ2v) is 4.72. The van der Waals surface area contributed by atoms with Crippen LogP contribution in [0.1, 0.15) is 0 Å². The summed E-state index contributed by atoms with van der Waals surface area (Å²) >= 11 is 17.9. The molecule has 0 aliphatic heterocycles. The summed E-state index contributed by atoms with van der Waals surface area (Å²) in [5.41, 5.74) is 1.26. The van der Waals surface area contributed by atoms with Crippen LogP contribution >= 0.6 is 34.8 Å². The van der Waals surface area contributed by atoms with Crippen molar-refractivity contribution in [2.24, 2.45) is 0 Å². The van der Waals surface area contributed by atoms with Crippen LogP contribution in [0.25, 0.3) is 17.0 Å². The quantitative estimate of drug-likeness (QED) is 0.687. The molecule has 2 aromatic heterocycles. The fraction of sp³-hybridized carbons (Fsp3) is 0. The molecular weight excluding hydrogens is 295 g/mol. The van der Waals surface area contributed by atoms with Crippen LogP contribution in [0.3, 0.4) is 0 Å². The van der Waals surface area contributed by atoms with E-state index in [4.69, 9.17) is 34.8 Å². The molecule has 0 amide bonds. The Morgan fingerprint density at radius 1 is 1.11 bits per heavy atom. The van der Waals surface area contributed by atoms with Crippen LogP contribution in [-0.4, -0.2) is 19.6 Å². The zero-order valence-electron chi connectivity index (χ0n) is 8.81. The van der Waals surface area contributed by atoms with Gasteiger partial charge in [-0.05, 0) is 12.1 Å². The maximum absolute atomic E-state index is 6.12. The molecule has 3 rings (SSSR count). The third-order valence-corrected chi connectivity index (χ3v) is 3.40. The Morgan fingerprint density at radius 2 is 1.94 bits per heavy atom. The van der Waals surface area contributed by atoms with E-state index in [1.807, 2.05) is 0 Å². The number of rotatable bonds is 1. The Kier molecular flexibility index (Phi) is 2.86. The van der Waals surface area contributed by atoms with Gasteiger partial charge in [0.1, 0.15) is 5.15 Å². The predicted molar refractivity (Wildman–Crippen MR) is 71.2 cm³/mol. The van der Waals surface area contributed by atoms with Crippen LogP contribution in [0.15, 0.2) is 30.6 Å². The molecule has 0 aliphatic carbocycles. The molecule has 0 saturated heterocycles. The van der Waals surface area contributed by atoms with Gasteiger partial charge in [-0.3, -0.25) is 0 Å². The maximum atomic E-state index is 6.12. The minimum Gasteiger partial charge on any atom is -0.239 e. The van der Waals surface area contributed by atoms with E-state index in [0.29, 0.717) is 32.2 Å². The molecule has 0 fully saturated rings. The van der Waals surface area contributed by atoms with E-state index >= 15 is 0 Å². The molecule has 0 spiro atoms. The van der Waals surface area contributed by atoms with Crippen molar-refractivity contribution in [2.75, 3.05) is 0 Å². The third-order valence-electron chi connectivity index (χ3n) is 2.38. The Balaban J connectivity index is 2.22. The second-order valence-electron chi connectivity index (χ2n) is 3.55. The smallest absolute Gasteiger partial charge is 0.183 e. The van der Waals surface area contributed by atoms with Gasteiger partial charge in [-0.25, -0.2) is 14.5 Å². The number of nitrogens with zero attached hydrogens (tertiary/aromatic N) is 4. The molecule has 0 aliphatic rings. The zero-order valence-corrected chi connectivity index (χ0v) is 11.1. The number of aromatic nitrogens is 4. The van der Waals surface area contributed by atoms with Crippen LogP contribution in [-0.2, 0) is 0 Å². The molecular formula is C11H5Cl3N4. The van der Waals surface area contributed by atoms with Crippen molar-refractivity contribution in [3.63, 3.8) is 0 Å². The van der Waals surface area contributed by atoms with Crippen molar-refractivity contribution in [3.8, 4) is 11.4 Å². The molecule has 0 saturated carbocycles. The van der Waals surface area contributed by atoms with Gasteiger partial charge in [0.2, 0.25) is 0 Å². The normalized spacial score (nSPS) is 11.1. The molecule has 3 aromatic rings.